The molecule has 0 radical (unpaired) electrons. The van der Waals surface area contributed by atoms with Crippen LogP contribution in [0.25, 0.3) is 0 Å². The summed E-state index contributed by atoms with van der Waals surface area (Å²) in [5, 5.41) is 8.32. The molecule has 0 spiro atoms. The molecule has 3 heteroatoms. The summed E-state index contributed by atoms with van der Waals surface area (Å²) in [6.07, 6.45) is 0.261. The van der Waals surface area contributed by atoms with Gasteiger partial charge in [-0.15, -0.1) is 0 Å². The topological polar surface area (TPSA) is 50.1 Å². The van der Waals surface area contributed by atoms with Gasteiger partial charge in [0.1, 0.15) is 11.5 Å². The molecule has 0 saturated carbocycles. The van der Waals surface area contributed by atoms with E-state index < -0.39 is 0 Å². The van der Waals surface area contributed by atoms with Gasteiger partial charge in [-0.1, -0.05) is 17.7 Å². The average molecular weight is 217 g/mol. The van der Waals surface area contributed by atoms with Gasteiger partial charge in [-0.3, -0.25) is 4.79 Å². The van der Waals surface area contributed by atoms with Crippen LogP contribution in [0, 0.1) is 25.2 Å². The van der Waals surface area contributed by atoms with Crippen molar-refractivity contribution in [3.8, 4) is 11.8 Å². The van der Waals surface area contributed by atoms with Crippen LogP contribution in [-0.2, 0) is 4.79 Å². The molecule has 0 bridgehead atoms. The molecule has 0 amide bonds. The van der Waals surface area contributed by atoms with E-state index in [1.165, 1.54) is 5.56 Å². The Balaban J connectivity index is 2.44. The second-order valence-corrected chi connectivity index (χ2v) is 3.74. The summed E-state index contributed by atoms with van der Waals surface area (Å²) >= 11 is 0. The molecule has 0 atom stereocenters. The number of benzene rings is 1. The quantitative estimate of drug-likeness (QED) is 0.761. The fraction of sp³-hybridized carbons (Fsp3) is 0.385. The third-order valence-electron chi connectivity index (χ3n) is 2.25. The Labute approximate surface area is 95.7 Å². The minimum absolute atomic E-state index is 0.0315. The smallest absolute Gasteiger partial charge is 0.150 e. The molecule has 1 aromatic carbocycles. The Morgan fingerprint density at radius 3 is 2.81 bits per heavy atom. The number of carbonyl (C=O) groups excluding carboxylic acids is 1. The van der Waals surface area contributed by atoms with E-state index in [4.69, 9.17) is 10.00 Å². The summed E-state index contributed by atoms with van der Waals surface area (Å²) in [7, 11) is 0. The van der Waals surface area contributed by atoms with Crippen molar-refractivity contribution >= 4 is 5.78 Å². The molecule has 0 heterocycles. The molecule has 0 aliphatic heterocycles. The van der Waals surface area contributed by atoms with Gasteiger partial charge in [-0.25, -0.2) is 0 Å². The molecule has 0 unspecified atom stereocenters. The van der Waals surface area contributed by atoms with Crippen LogP contribution in [0.1, 0.15) is 24.0 Å². The van der Waals surface area contributed by atoms with E-state index in [0.29, 0.717) is 13.0 Å². The first-order chi connectivity index (χ1) is 7.63. The Morgan fingerprint density at radius 1 is 1.44 bits per heavy atom. The molecule has 3 nitrogen and oxygen atoms in total. The number of hydrogen-bond acceptors (Lipinski definition) is 3. The first-order valence-corrected chi connectivity index (χ1v) is 5.22. The first kappa shape index (κ1) is 12.3. The summed E-state index contributed by atoms with van der Waals surface area (Å²) in [4.78, 5) is 11.1. The van der Waals surface area contributed by atoms with Crippen LogP contribution in [0.3, 0.4) is 0 Å². The number of carbonyl (C=O) groups is 1. The van der Waals surface area contributed by atoms with Crippen LogP contribution in [0.4, 0.5) is 0 Å². The standard InChI is InChI=1S/C13H15NO2/c1-10-3-4-13(11(2)9-10)16-8-6-12(15)5-7-14/h3-4,9H,5-6,8H2,1-2H3. The molecule has 0 aromatic heterocycles. The van der Waals surface area contributed by atoms with Crippen LogP contribution in [0.2, 0.25) is 0 Å². The minimum Gasteiger partial charge on any atom is -0.493 e. The third kappa shape index (κ3) is 3.74. The van der Waals surface area contributed by atoms with Gasteiger partial charge in [0, 0.05) is 6.42 Å². The van der Waals surface area contributed by atoms with E-state index in [1.807, 2.05) is 38.1 Å². The van der Waals surface area contributed by atoms with Crippen molar-refractivity contribution in [3.63, 3.8) is 0 Å². The Kier molecular flexibility index (Phi) is 4.53. The zero-order chi connectivity index (χ0) is 12.0. The molecular formula is C13H15NO2. The highest BCUT2D eigenvalue weighted by Crippen LogP contribution is 2.18. The lowest BCUT2D eigenvalue weighted by atomic mass is 10.1. The third-order valence-corrected chi connectivity index (χ3v) is 2.25. The Bertz CT molecular complexity index is 418. The van der Waals surface area contributed by atoms with Crippen molar-refractivity contribution in [1.29, 1.82) is 5.26 Å². The number of aryl methyl sites for hydroxylation is 2. The molecule has 0 aliphatic rings. The van der Waals surface area contributed by atoms with Crippen LogP contribution >= 0.6 is 0 Å². The van der Waals surface area contributed by atoms with Gasteiger partial charge in [0.2, 0.25) is 0 Å². The van der Waals surface area contributed by atoms with E-state index in [9.17, 15) is 4.79 Å². The Hall–Kier alpha value is -1.82. The molecule has 0 fully saturated rings. The molecule has 0 aliphatic carbocycles. The van der Waals surface area contributed by atoms with Gasteiger partial charge >= 0.3 is 0 Å². The fourth-order valence-electron chi connectivity index (χ4n) is 1.41. The van der Waals surface area contributed by atoms with Crippen molar-refractivity contribution in [2.24, 2.45) is 0 Å². The van der Waals surface area contributed by atoms with Crippen molar-refractivity contribution in [2.45, 2.75) is 26.7 Å². The van der Waals surface area contributed by atoms with Gasteiger partial charge in [0.25, 0.3) is 0 Å². The maximum atomic E-state index is 11.1. The summed E-state index contributed by atoms with van der Waals surface area (Å²) in [5.41, 5.74) is 2.25. The Morgan fingerprint density at radius 2 is 2.19 bits per heavy atom. The number of ketones is 1. The molecule has 1 rings (SSSR count). The van der Waals surface area contributed by atoms with Crippen molar-refractivity contribution in [3.05, 3.63) is 29.3 Å². The van der Waals surface area contributed by atoms with Crippen LogP contribution in [0.5, 0.6) is 5.75 Å². The average Bonchev–Trinajstić information content (AvgIpc) is 2.22. The van der Waals surface area contributed by atoms with Crippen molar-refractivity contribution in [1.82, 2.24) is 0 Å². The lowest BCUT2D eigenvalue weighted by Crippen LogP contribution is -2.06. The van der Waals surface area contributed by atoms with Crippen LogP contribution < -0.4 is 4.74 Å². The molecule has 1 aromatic rings. The minimum atomic E-state index is -0.0766. The molecule has 84 valence electrons. The number of ether oxygens (including phenoxy) is 1. The number of nitrogens with zero attached hydrogens (tertiary/aromatic N) is 1. The highest BCUT2D eigenvalue weighted by Gasteiger charge is 2.03. The van der Waals surface area contributed by atoms with E-state index >= 15 is 0 Å². The van der Waals surface area contributed by atoms with Gasteiger partial charge in [-0.2, -0.15) is 5.26 Å². The van der Waals surface area contributed by atoms with Gasteiger partial charge in [-0.05, 0) is 25.5 Å². The maximum absolute atomic E-state index is 11.1. The first-order valence-electron chi connectivity index (χ1n) is 5.22. The molecular weight excluding hydrogens is 202 g/mol. The van der Waals surface area contributed by atoms with E-state index in [0.717, 1.165) is 11.3 Å². The number of hydrogen-bond donors (Lipinski definition) is 0. The van der Waals surface area contributed by atoms with E-state index in [2.05, 4.69) is 0 Å². The second kappa shape index (κ2) is 5.92. The van der Waals surface area contributed by atoms with E-state index in [1.54, 1.807) is 0 Å². The van der Waals surface area contributed by atoms with Crippen molar-refractivity contribution < 1.29 is 9.53 Å². The maximum Gasteiger partial charge on any atom is 0.150 e. The summed E-state index contributed by atoms with van der Waals surface area (Å²) < 4.78 is 5.48. The fourth-order valence-corrected chi connectivity index (χ4v) is 1.41. The van der Waals surface area contributed by atoms with Crippen molar-refractivity contribution in [2.75, 3.05) is 6.61 Å². The summed E-state index contributed by atoms with van der Waals surface area (Å²) in [5.74, 6) is 0.725. The molecule has 0 N–H and O–H groups in total. The SMILES string of the molecule is Cc1ccc(OCCC(=O)CC#N)c(C)c1. The number of nitriles is 1. The van der Waals surface area contributed by atoms with Crippen LogP contribution in [0.15, 0.2) is 18.2 Å². The molecule has 0 saturated heterocycles. The van der Waals surface area contributed by atoms with Gasteiger partial charge < -0.3 is 4.74 Å². The molecule has 16 heavy (non-hydrogen) atoms. The van der Waals surface area contributed by atoms with E-state index in [-0.39, 0.29) is 12.2 Å². The predicted octanol–water partition coefficient (Wildman–Crippen LogP) is 2.56. The largest absolute Gasteiger partial charge is 0.493 e. The number of rotatable bonds is 5. The lowest BCUT2D eigenvalue weighted by molar-refractivity contribution is -0.118. The zero-order valence-corrected chi connectivity index (χ0v) is 9.62. The highest BCUT2D eigenvalue weighted by molar-refractivity contribution is 5.80. The highest BCUT2D eigenvalue weighted by atomic mass is 16.5. The predicted molar refractivity (Wildman–Crippen MR) is 61.3 cm³/mol. The monoisotopic (exact) mass is 217 g/mol. The van der Waals surface area contributed by atoms with Crippen LogP contribution in [-0.4, -0.2) is 12.4 Å². The van der Waals surface area contributed by atoms with Gasteiger partial charge in [0.05, 0.1) is 19.1 Å². The van der Waals surface area contributed by atoms with Gasteiger partial charge in [0.15, 0.2) is 0 Å². The number of Topliss-reactive ketones (excluding diaryl/α,β-unsaturated/α-hetero) is 1. The normalized spacial score (nSPS) is 9.56. The zero-order valence-electron chi connectivity index (χ0n) is 9.62. The second-order valence-electron chi connectivity index (χ2n) is 3.74. The lowest BCUT2D eigenvalue weighted by Gasteiger charge is -2.08. The summed E-state index contributed by atoms with van der Waals surface area (Å²) in [6.45, 7) is 4.33. The summed E-state index contributed by atoms with van der Waals surface area (Å²) in [6, 6.07) is 7.74.